The molecule has 1 aliphatic rings. The van der Waals surface area contributed by atoms with Crippen LogP contribution in [0.5, 0.6) is 0 Å². The van der Waals surface area contributed by atoms with Crippen LogP contribution in [0, 0.1) is 0 Å². The summed E-state index contributed by atoms with van der Waals surface area (Å²) in [5, 5.41) is 5.19. The molecule has 0 amide bonds. The van der Waals surface area contributed by atoms with E-state index in [4.69, 9.17) is 0 Å². The van der Waals surface area contributed by atoms with Gasteiger partial charge in [-0.05, 0) is 0 Å². The zero-order valence-electron chi connectivity index (χ0n) is 37.4. The molecule has 0 radical (unpaired) electrons. The molecule has 4 heteroatoms. The van der Waals surface area contributed by atoms with Gasteiger partial charge in [0.2, 0.25) is 0 Å². The van der Waals surface area contributed by atoms with Crippen molar-refractivity contribution in [2.75, 3.05) is 0 Å². The van der Waals surface area contributed by atoms with Gasteiger partial charge >= 0.3 is 331 Å². The molecule has 3 nitrogen and oxygen atoms in total. The Morgan fingerprint density at radius 2 is 0.741 bits per heavy atom. The van der Waals surface area contributed by atoms with E-state index in [1.165, 1.54) is 66.1 Å². The molecule has 0 aromatic heterocycles. The summed E-state index contributed by atoms with van der Waals surface area (Å²) in [6.07, 6.45) is 2.58. The van der Waals surface area contributed by atoms with Crippen LogP contribution >= 0.6 is 7.94 Å². The van der Waals surface area contributed by atoms with Crippen LogP contribution in [0.3, 0.4) is 0 Å². The Hall–Kier alpha value is -2.29. The fraction of sp³-hybridized carbons (Fsp3) is 0.600. The number of rotatable bonds is 3. The SMILES string of the molecule is CC(C)(C)c1cc(C(C)(C)C)c2cc(C3(c4cc5c(C(C)(C)C)cc(C(C)(C)C)cc5cc4C(C)(C)C)CCC([PH](O)(O)O)CC3)c(C(C)(C)C)cc2c1. The van der Waals surface area contributed by atoms with E-state index >= 15 is 0 Å². The Balaban J connectivity index is 2.02. The Kier molecular flexibility index (Phi) is 10.6. The Morgan fingerprint density at radius 1 is 0.426 bits per heavy atom. The maximum atomic E-state index is 10.7. The second-order valence-electron chi connectivity index (χ2n) is 23.3. The second kappa shape index (κ2) is 13.4. The molecule has 3 N–H and O–H groups in total. The van der Waals surface area contributed by atoms with Crippen molar-refractivity contribution < 1.29 is 14.7 Å². The van der Waals surface area contributed by atoms with Crippen molar-refractivity contribution in [2.24, 2.45) is 0 Å². The average Bonchev–Trinajstić information content (AvgIpc) is 2.99. The zero-order valence-corrected chi connectivity index (χ0v) is 38.4. The van der Waals surface area contributed by atoms with Gasteiger partial charge in [0.05, 0.1) is 0 Å². The van der Waals surface area contributed by atoms with Crippen molar-refractivity contribution in [1.29, 1.82) is 0 Å². The fourth-order valence-corrected chi connectivity index (χ4v) is 10.2. The molecule has 0 spiro atoms. The van der Waals surface area contributed by atoms with E-state index in [-0.39, 0.29) is 32.5 Å². The Bertz CT molecular complexity index is 1910. The summed E-state index contributed by atoms with van der Waals surface area (Å²) in [4.78, 5) is 32.1. The molecule has 0 atom stereocenters. The van der Waals surface area contributed by atoms with Crippen molar-refractivity contribution in [1.82, 2.24) is 0 Å². The van der Waals surface area contributed by atoms with Crippen LogP contribution in [0.1, 0.15) is 195 Å². The number of hydrogen-bond acceptors (Lipinski definition) is 3. The monoisotopic (exact) mass is 755 g/mol. The summed E-state index contributed by atoms with van der Waals surface area (Å²) < 4.78 is 0. The third-order valence-corrected chi connectivity index (χ3v) is 14.2. The van der Waals surface area contributed by atoms with Crippen LogP contribution < -0.4 is 0 Å². The third kappa shape index (κ3) is 8.23. The van der Waals surface area contributed by atoms with Gasteiger partial charge in [0.1, 0.15) is 0 Å². The zero-order chi connectivity index (χ0) is 41.0. The quantitative estimate of drug-likeness (QED) is 0.183. The summed E-state index contributed by atoms with van der Waals surface area (Å²) in [7, 11) is -4.32. The van der Waals surface area contributed by atoms with Crippen molar-refractivity contribution in [3.63, 3.8) is 0 Å². The van der Waals surface area contributed by atoms with Gasteiger partial charge in [0.25, 0.3) is 0 Å². The molecule has 5 rings (SSSR count). The van der Waals surface area contributed by atoms with Crippen LogP contribution in [-0.2, 0) is 37.9 Å². The molecule has 54 heavy (non-hydrogen) atoms. The molecule has 0 saturated heterocycles. The molecule has 0 unspecified atom stereocenters. The second-order valence-corrected chi connectivity index (χ2v) is 25.5. The van der Waals surface area contributed by atoms with E-state index in [9.17, 15) is 14.7 Å². The molecular weight excluding hydrogens is 680 g/mol. The molecular formula is C50H75O3P. The minimum absolute atomic E-state index is 0.00789. The first-order chi connectivity index (χ1) is 24.2. The van der Waals surface area contributed by atoms with Crippen LogP contribution in [0.2, 0.25) is 0 Å². The van der Waals surface area contributed by atoms with Crippen LogP contribution in [0.25, 0.3) is 21.5 Å². The minimum atomic E-state index is -4.32. The van der Waals surface area contributed by atoms with Crippen LogP contribution in [-0.4, -0.2) is 20.3 Å². The molecule has 1 aliphatic carbocycles. The number of benzene rings is 4. The van der Waals surface area contributed by atoms with E-state index in [0.717, 1.165) is 12.8 Å². The standard InChI is InChI=1S/C50H75O3P/c1-44(2,3)33-23-31-25-40(48(13,14)15)42(29-36(31)38(27-33)46(7,8)9)50(21-19-35(20-22-50)54(51,52)53)43-30-37-32(26-41(43)49(16,17)18)24-34(45(4,5)6)28-39(37)47(10,11)12/h23-30,35,51-54H,19-22H2,1-18H3. The van der Waals surface area contributed by atoms with Crippen molar-refractivity contribution in [3.8, 4) is 0 Å². The normalized spacial score (nSPS) is 17.4. The van der Waals surface area contributed by atoms with Crippen LogP contribution in [0.15, 0.2) is 48.5 Å². The molecule has 0 aliphatic heterocycles. The number of fused-ring (bicyclic) bond motifs is 2. The van der Waals surface area contributed by atoms with Gasteiger partial charge < -0.3 is 0 Å². The summed E-state index contributed by atoms with van der Waals surface area (Å²) in [5.74, 6) is 0. The van der Waals surface area contributed by atoms with Crippen molar-refractivity contribution in [2.45, 2.75) is 194 Å². The van der Waals surface area contributed by atoms with E-state index in [1.807, 2.05) is 0 Å². The van der Waals surface area contributed by atoms with E-state index in [0.29, 0.717) is 12.8 Å². The molecule has 298 valence electrons. The van der Waals surface area contributed by atoms with Gasteiger partial charge in [-0.15, -0.1) is 0 Å². The van der Waals surface area contributed by atoms with Gasteiger partial charge in [-0.25, -0.2) is 0 Å². The van der Waals surface area contributed by atoms with Crippen LogP contribution in [0.4, 0.5) is 0 Å². The molecule has 1 saturated carbocycles. The van der Waals surface area contributed by atoms with Gasteiger partial charge in [-0.2, -0.15) is 0 Å². The maximum absolute atomic E-state index is 10.7. The van der Waals surface area contributed by atoms with Crippen molar-refractivity contribution in [3.05, 3.63) is 93.0 Å². The molecule has 4 aromatic carbocycles. The summed E-state index contributed by atoms with van der Waals surface area (Å²) in [6, 6.07) is 19.9. The molecule has 1 fully saturated rings. The molecule has 4 aromatic rings. The number of hydrogen-bond donors (Lipinski definition) is 3. The Morgan fingerprint density at radius 3 is 1.00 bits per heavy atom. The topological polar surface area (TPSA) is 60.7 Å². The van der Waals surface area contributed by atoms with Gasteiger partial charge in [-0.1, -0.05) is 0 Å². The van der Waals surface area contributed by atoms with Crippen molar-refractivity contribution >= 4 is 29.5 Å². The van der Waals surface area contributed by atoms with E-state index < -0.39 is 19.0 Å². The summed E-state index contributed by atoms with van der Waals surface area (Å²) in [5.41, 5.74) is 9.47. The van der Waals surface area contributed by atoms with Gasteiger partial charge in [0, 0.05) is 0 Å². The summed E-state index contributed by atoms with van der Waals surface area (Å²) >= 11 is 0. The third-order valence-electron chi connectivity index (χ3n) is 12.6. The first kappa shape index (κ1) is 42.8. The molecule has 0 bridgehead atoms. The average molecular weight is 755 g/mol. The Labute approximate surface area is 330 Å². The summed E-state index contributed by atoms with van der Waals surface area (Å²) in [6.45, 7) is 41.9. The fourth-order valence-electron chi connectivity index (χ4n) is 9.14. The molecule has 0 heterocycles. The predicted octanol–water partition coefficient (Wildman–Crippen LogP) is 13.5. The van der Waals surface area contributed by atoms with Gasteiger partial charge in [0.15, 0.2) is 0 Å². The predicted molar refractivity (Wildman–Crippen MR) is 238 cm³/mol. The van der Waals surface area contributed by atoms with E-state index in [2.05, 4.69) is 173 Å². The first-order valence-electron chi connectivity index (χ1n) is 20.6. The van der Waals surface area contributed by atoms with E-state index in [1.54, 1.807) is 0 Å². The van der Waals surface area contributed by atoms with Gasteiger partial charge in [-0.3, -0.25) is 0 Å². The first-order valence-corrected chi connectivity index (χ1v) is 22.5.